The zero-order valence-electron chi connectivity index (χ0n) is 34.3. The number of nitrogens with one attached hydrogen (secondary N) is 3. The molecule has 4 atom stereocenters. The van der Waals surface area contributed by atoms with Gasteiger partial charge in [0, 0.05) is 6.54 Å². The standard InChI is InChI=1S/C44H62N4O9/c1-6-44(5,47-37(49)34(46-42(54)57-43(2,3)4)25-16-17-28-55-39(51)33-23-14-9-15-24-33)41(53)45-35(29-31-19-10-7-11-20-31)38(50)48-27-18-26-36(48)40(52)56-30-32-21-12-8-13-22-32/h8-9,12-15,21-24,31,34-36H,6-7,10-11,16-20,25-30H2,1-5H3,(H,45,53)(H,46,54)(H,47,49)/t34-,35-,36+,44-/m0/s1. The molecule has 2 aromatic carbocycles. The van der Waals surface area contributed by atoms with Crippen LogP contribution in [-0.2, 0) is 40.0 Å². The summed E-state index contributed by atoms with van der Waals surface area (Å²) >= 11 is 0. The molecule has 1 aliphatic carbocycles. The molecule has 0 spiro atoms. The molecular weight excluding hydrogens is 729 g/mol. The number of hydrogen-bond acceptors (Lipinski definition) is 9. The van der Waals surface area contributed by atoms with Gasteiger partial charge in [-0.25, -0.2) is 14.4 Å². The van der Waals surface area contributed by atoms with Crippen molar-refractivity contribution < 1.29 is 43.0 Å². The van der Waals surface area contributed by atoms with Crippen LogP contribution in [0, 0.1) is 5.92 Å². The lowest BCUT2D eigenvalue weighted by molar-refractivity contribution is -0.155. The SMILES string of the molecule is CC[C@](C)(NC(=O)[C@H](CCCCOC(=O)c1ccccc1)NC(=O)OC(C)(C)C)C(=O)N[C@@H](CC1CCCCC1)C(=O)N1CCC[C@@H]1C(=O)OCc1ccccc1. The summed E-state index contributed by atoms with van der Waals surface area (Å²) in [5.41, 5.74) is -0.998. The highest BCUT2D eigenvalue weighted by Gasteiger charge is 2.42. The Hall–Kier alpha value is -4.94. The number of unbranched alkanes of at least 4 members (excludes halogenated alkanes) is 1. The number of alkyl carbamates (subject to hydrolysis) is 1. The number of esters is 2. The normalized spacial score (nSPS) is 18.0. The number of hydrogen-bond donors (Lipinski definition) is 3. The summed E-state index contributed by atoms with van der Waals surface area (Å²) in [6, 6.07) is 15.2. The van der Waals surface area contributed by atoms with Gasteiger partial charge in [0.25, 0.3) is 0 Å². The van der Waals surface area contributed by atoms with Crippen LogP contribution in [0.3, 0.4) is 0 Å². The van der Waals surface area contributed by atoms with Crippen molar-refractivity contribution >= 4 is 35.8 Å². The second-order valence-corrected chi connectivity index (χ2v) is 16.4. The molecule has 0 radical (unpaired) electrons. The number of amides is 4. The third-order valence-corrected chi connectivity index (χ3v) is 10.7. The molecule has 4 amide bonds. The predicted molar refractivity (Wildman–Crippen MR) is 215 cm³/mol. The van der Waals surface area contributed by atoms with Gasteiger partial charge in [-0.05, 0) is 96.3 Å². The summed E-state index contributed by atoms with van der Waals surface area (Å²) < 4.78 is 16.5. The number of carbonyl (C=O) groups excluding carboxylic acids is 6. The van der Waals surface area contributed by atoms with Crippen molar-refractivity contribution in [1.82, 2.24) is 20.9 Å². The van der Waals surface area contributed by atoms with E-state index in [0.717, 1.165) is 37.7 Å². The molecule has 0 unspecified atom stereocenters. The van der Waals surface area contributed by atoms with Crippen LogP contribution in [-0.4, -0.2) is 83.1 Å². The van der Waals surface area contributed by atoms with Crippen molar-refractivity contribution in [3.63, 3.8) is 0 Å². The molecule has 3 N–H and O–H groups in total. The third kappa shape index (κ3) is 14.2. The number of rotatable bonds is 18. The van der Waals surface area contributed by atoms with Gasteiger partial charge in [-0.2, -0.15) is 0 Å². The molecule has 1 saturated carbocycles. The van der Waals surface area contributed by atoms with Gasteiger partial charge in [-0.15, -0.1) is 0 Å². The maximum atomic E-state index is 14.3. The lowest BCUT2D eigenvalue weighted by Crippen LogP contribution is -2.63. The fraction of sp³-hybridized carbons (Fsp3) is 0.591. The van der Waals surface area contributed by atoms with Gasteiger partial charge >= 0.3 is 18.0 Å². The van der Waals surface area contributed by atoms with E-state index < -0.39 is 59.1 Å². The molecule has 1 aliphatic heterocycles. The Morgan fingerprint density at radius 2 is 1.46 bits per heavy atom. The Bertz CT molecular complexity index is 1640. The highest BCUT2D eigenvalue weighted by molar-refractivity contribution is 5.97. The quantitative estimate of drug-likeness (QED) is 0.0881. The molecule has 2 aromatic rings. The van der Waals surface area contributed by atoms with Crippen molar-refractivity contribution in [3.8, 4) is 0 Å². The Labute approximate surface area is 337 Å². The number of benzene rings is 2. The van der Waals surface area contributed by atoms with Crippen molar-refractivity contribution in [1.29, 1.82) is 0 Å². The minimum atomic E-state index is -1.46. The summed E-state index contributed by atoms with van der Waals surface area (Å²) in [7, 11) is 0. The van der Waals surface area contributed by atoms with E-state index in [4.69, 9.17) is 14.2 Å². The molecule has 312 valence electrons. The largest absolute Gasteiger partial charge is 0.462 e. The highest BCUT2D eigenvalue weighted by Crippen LogP contribution is 2.29. The Morgan fingerprint density at radius 3 is 2.11 bits per heavy atom. The third-order valence-electron chi connectivity index (χ3n) is 10.7. The Kier molecular flexibility index (Phi) is 16.9. The summed E-state index contributed by atoms with van der Waals surface area (Å²) in [5.74, 6) is -2.19. The van der Waals surface area contributed by atoms with Crippen LogP contribution >= 0.6 is 0 Å². The fourth-order valence-corrected chi connectivity index (χ4v) is 7.25. The smallest absolute Gasteiger partial charge is 0.408 e. The number of nitrogens with zero attached hydrogens (tertiary/aromatic N) is 1. The van der Waals surface area contributed by atoms with Crippen LogP contribution in [0.15, 0.2) is 60.7 Å². The fourth-order valence-electron chi connectivity index (χ4n) is 7.25. The summed E-state index contributed by atoms with van der Waals surface area (Å²) in [6.07, 6.45) is 7.00. The van der Waals surface area contributed by atoms with Crippen LogP contribution in [0.2, 0.25) is 0 Å². The average molecular weight is 791 g/mol. The van der Waals surface area contributed by atoms with E-state index in [0.29, 0.717) is 44.2 Å². The monoisotopic (exact) mass is 790 g/mol. The lowest BCUT2D eigenvalue weighted by Gasteiger charge is -2.35. The van der Waals surface area contributed by atoms with Crippen LogP contribution in [0.5, 0.6) is 0 Å². The maximum absolute atomic E-state index is 14.3. The maximum Gasteiger partial charge on any atom is 0.408 e. The Morgan fingerprint density at radius 1 is 0.789 bits per heavy atom. The molecule has 2 fully saturated rings. The number of ether oxygens (including phenoxy) is 3. The number of likely N-dealkylation sites (tertiary alicyclic amines) is 1. The first-order valence-corrected chi connectivity index (χ1v) is 20.5. The van der Waals surface area contributed by atoms with E-state index in [1.54, 1.807) is 69.9 Å². The van der Waals surface area contributed by atoms with Gasteiger partial charge in [0.2, 0.25) is 17.7 Å². The van der Waals surface area contributed by atoms with E-state index in [-0.39, 0.29) is 37.9 Å². The second kappa shape index (κ2) is 21.5. The number of carbonyl (C=O) groups is 6. The van der Waals surface area contributed by atoms with Crippen molar-refractivity contribution in [2.45, 2.75) is 148 Å². The van der Waals surface area contributed by atoms with Gasteiger partial charge in [-0.3, -0.25) is 14.4 Å². The average Bonchev–Trinajstić information content (AvgIpc) is 3.69. The van der Waals surface area contributed by atoms with Crippen LogP contribution in [0.25, 0.3) is 0 Å². The molecule has 4 rings (SSSR count). The molecule has 1 saturated heterocycles. The van der Waals surface area contributed by atoms with Gasteiger partial charge in [-0.1, -0.05) is 87.6 Å². The van der Waals surface area contributed by atoms with Crippen molar-refractivity contribution in [3.05, 3.63) is 71.8 Å². The molecule has 13 heteroatoms. The molecule has 57 heavy (non-hydrogen) atoms. The Balaban J connectivity index is 1.44. The zero-order chi connectivity index (χ0) is 41.4. The van der Waals surface area contributed by atoms with Gasteiger partial charge in [0.05, 0.1) is 12.2 Å². The molecular formula is C44H62N4O9. The predicted octanol–water partition coefficient (Wildman–Crippen LogP) is 6.38. The van der Waals surface area contributed by atoms with Crippen LogP contribution < -0.4 is 16.0 Å². The minimum Gasteiger partial charge on any atom is -0.462 e. The summed E-state index contributed by atoms with van der Waals surface area (Å²) in [5, 5.41) is 8.51. The zero-order valence-corrected chi connectivity index (χ0v) is 34.3. The van der Waals surface area contributed by atoms with E-state index in [1.807, 2.05) is 30.3 Å². The van der Waals surface area contributed by atoms with E-state index in [1.165, 1.54) is 0 Å². The molecule has 0 aromatic heterocycles. The highest BCUT2D eigenvalue weighted by atomic mass is 16.6. The summed E-state index contributed by atoms with van der Waals surface area (Å²) in [6.45, 7) is 9.07. The van der Waals surface area contributed by atoms with E-state index in [2.05, 4.69) is 16.0 Å². The van der Waals surface area contributed by atoms with Crippen LogP contribution in [0.4, 0.5) is 4.79 Å². The second-order valence-electron chi connectivity index (χ2n) is 16.4. The first kappa shape index (κ1) is 44.8. The molecule has 1 heterocycles. The first-order chi connectivity index (χ1) is 27.2. The van der Waals surface area contributed by atoms with E-state index >= 15 is 0 Å². The van der Waals surface area contributed by atoms with Gasteiger partial charge in [0.1, 0.15) is 35.9 Å². The van der Waals surface area contributed by atoms with Crippen LogP contribution in [0.1, 0.15) is 128 Å². The topological polar surface area (TPSA) is 169 Å². The molecule has 0 bridgehead atoms. The lowest BCUT2D eigenvalue weighted by atomic mass is 9.84. The first-order valence-electron chi connectivity index (χ1n) is 20.5. The van der Waals surface area contributed by atoms with Gasteiger partial charge < -0.3 is 35.1 Å². The molecule has 2 aliphatic rings. The summed E-state index contributed by atoms with van der Waals surface area (Å²) in [4.78, 5) is 82.6. The van der Waals surface area contributed by atoms with Gasteiger partial charge in [0.15, 0.2) is 0 Å². The van der Waals surface area contributed by atoms with Crippen molar-refractivity contribution in [2.75, 3.05) is 13.2 Å². The van der Waals surface area contributed by atoms with Crippen molar-refractivity contribution in [2.24, 2.45) is 5.92 Å². The molecule has 13 nitrogen and oxygen atoms in total. The minimum absolute atomic E-state index is 0.0977. The van der Waals surface area contributed by atoms with E-state index in [9.17, 15) is 28.8 Å².